The summed E-state index contributed by atoms with van der Waals surface area (Å²) in [6.07, 6.45) is 0.997. The number of pyridine rings is 1. The maximum absolute atomic E-state index is 12.9. The Hall–Kier alpha value is -2.68. The smallest absolute Gasteiger partial charge is 0.259 e. The Balaban J connectivity index is 1.54. The van der Waals surface area contributed by atoms with Crippen LogP contribution in [0, 0.1) is 0 Å². The van der Waals surface area contributed by atoms with Crippen molar-refractivity contribution in [3.05, 3.63) is 47.7 Å². The van der Waals surface area contributed by atoms with E-state index in [1.165, 1.54) is 0 Å². The molecule has 3 N–H and O–H groups in total. The number of ether oxygens (including phenoxy) is 1. The van der Waals surface area contributed by atoms with Gasteiger partial charge in [0, 0.05) is 37.2 Å². The Morgan fingerprint density at radius 3 is 2.96 bits per heavy atom. The van der Waals surface area contributed by atoms with Crippen LogP contribution in [0.3, 0.4) is 0 Å². The van der Waals surface area contributed by atoms with Gasteiger partial charge < -0.3 is 25.4 Å². The molecule has 142 valence electrons. The first kappa shape index (κ1) is 17.7. The molecule has 2 aliphatic heterocycles. The number of hydrogen-bond acceptors (Lipinski definition) is 7. The summed E-state index contributed by atoms with van der Waals surface area (Å²) in [7, 11) is 1.83. The second-order valence-electron chi connectivity index (χ2n) is 6.73. The third kappa shape index (κ3) is 3.73. The van der Waals surface area contributed by atoms with Gasteiger partial charge >= 0.3 is 0 Å². The molecule has 0 saturated carbocycles. The Bertz CT molecular complexity index is 838. The summed E-state index contributed by atoms with van der Waals surface area (Å²) in [5.74, 6) is 0.488. The lowest BCUT2D eigenvalue weighted by Gasteiger charge is -2.32. The highest BCUT2D eigenvalue weighted by molar-refractivity contribution is 6.07. The number of aromatic nitrogens is 1. The summed E-state index contributed by atoms with van der Waals surface area (Å²) in [5.41, 5.74) is 3.14. The lowest BCUT2D eigenvalue weighted by molar-refractivity contribution is 0.0348. The second-order valence-corrected chi connectivity index (χ2v) is 6.73. The minimum atomic E-state index is -0.704. The first-order valence-corrected chi connectivity index (χ1v) is 8.98. The number of amides is 1. The van der Waals surface area contributed by atoms with E-state index in [9.17, 15) is 9.90 Å². The first-order valence-electron chi connectivity index (χ1n) is 8.98. The summed E-state index contributed by atoms with van der Waals surface area (Å²) < 4.78 is 5.39. The molecular weight excluding hydrogens is 346 g/mol. The van der Waals surface area contributed by atoms with Crippen LogP contribution in [0.25, 0.3) is 0 Å². The van der Waals surface area contributed by atoms with Crippen molar-refractivity contribution in [3.63, 3.8) is 0 Å². The van der Waals surface area contributed by atoms with E-state index in [0.717, 1.165) is 24.3 Å². The fraction of sp³-hybridized carbons (Fsp3) is 0.368. The van der Waals surface area contributed by atoms with Gasteiger partial charge in [-0.15, -0.1) is 0 Å². The number of hydrogen-bond donors (Lipinski definition) is 3. The molecule has 0 aliphatic carbocycles. The average Bonchev–Trinajstić information content (AvgIpc) is 2.70. The molecule has 1 aromatic carbocycles. The number of carbonyl (C=O) groups is 1. The van der Waals surface area contributed by atoms with Gasteiger partial charge in [0.2, 0.25) is 0 Å². The predicted molar refractivity (Wildman–Crippen MR) is 103 cm³/mol. The standard InChI is InChI=1S/C19H23N5O3/c1-23-12-13-11-14(4-5-16(13)22-19(23)26)21-18(25)15-3-2-6-20-17(15)24-7-9-27-10-8-24/h2-6,11,19,22,26H,7-10,12H2,1H3,(H,21,25). The minimum Gasteiger partial charge on any atom is -0.378 e. The fourth-order valence-corrected chi connectivity index (χ4v) is 3.35. The van der Waals surface area contributed by atoms with Gasteiger partial charge in [-0.1, -0.05) is 0 Å². The van der Waals surface area contributed by atoms with E-state index in [1.54, 1.807) is 23.2 Å². The van der Waals surface area contributed by atoms with Gasteiger partial charge in [0.15, 0.2) is 6.35 Å². The predicted octanol–water partition coefficient (Wildman–Crippen LogP) is 1.30. The molecule has 0 radical (unpaired) electrons. The zero-order valence-corrected chi connectivity index (χ0v) is 15.2. The number of benzene rings is 1. The molecule has 4 rings (SSSR count). The van der Waals surface area contributed by atoms with Gasteiger partial charge in [0.1, 0.15) is 5.82 Å². The van der Waals surface area contributed by atoms with Crippen LogP contribution in [0.15, 0.2) is 36.5 Å². The van der Waals surface area contributed by atoms with Crippen LogP contribution in [0.4, 0.5) is 17.2 Å². The van der Waals surface area contributed by atoms with Crippen LogP contribution in [0.5, 0.6) is 0 Å². The van der Waals surface area contributed by atoms with Crippen LogP contribution in [0.2, 0.25) is 0 Å². The molecule has 0 bridgehead atoms. The van der Waals surface area contributed by atoms with E-state index in [2.05, 4.69) is 20.5 Å². The summed E-state index contributed by atoms with van der Waals surface area (Å²) in [6, 6.07) is 9.18. The van der Waals surface area contributed by atoms with E-state index in [-0.39, 0.29) is 5.91 Å². The van der Waals surface area contributed by atoms with E-state index in [4.69, 9.17) is 4.74 Å². The van der Waals surface area contributed by atoms with Gasteiger partial charge in [-0.25, -0.2) is 4.98 Å². The summed E-state index contributed by atoms with van der Waals surface area (Å²) in [6.45, 7) is 3.30. The molecule has 1 unspecified atom stereocenters. The number of nitrogens with zero attached hydrogens (tertiary/aromatic N) is 3. The number of aliphatic hydroxyl groups excluding tert-OH is 1. The highest BCUT2D eigenvalue weighted by Crippen LogP contribution is 2.27. The van der Waals surface area contributed by atoms with Crippen molar-refractivity contribution in [3.8, 4) is 0 Å². The number of anilines is 3. The number of carbonyl (C=O) groups excluding carboxylic acids is 1. The van der Waals surface area contributed by atoms with Crippen LogP contribution in [-0.4, -0.2) is 60.6 Å². The minimum absolute atomic E-state index is 0.193. The van der Waals surface area contributed by atoms with E-state index in [0.29, 0.717) is 36.8 Å². The molecule has 2 aliphatic rings. The molecule has 8 nitrogen and oxygen atoms in total. The highest BCUT2D eigenvalue weighted by Gasteiger charge is 2.22. The molecule has 1 saturated heterocycles. The van der Waals surface area contributed by atoms with Crippen LogP contribution in [-0.2, 0) is 11.3 Å². The molecule has 3 heterocycles. The monoisotopic (exact) mass is 369 g/mol. The average molecular weight is 369 g/mol. The molecular formula is C19H23N5O3. The van der Waals surface area contributed by atoms with Crippen molar-refractivity contribution in [1.82, 2.24) is 9.88 Å². The molecule has 8 heteroatoms. The molecule has 1 amide bonds. The Labute approximate surface area is 157 Å². The van der Waals surface area contributed by atoms with Gasteiger partial charge in [0.25, 0.3) is 5.91 Å². The van der Waals surface area contributed by atoms with Crippen molar-refractivity contribution in [2.24, 2.45) is 0 Å². The third-order valence-electron chi connectivity index (χ3n) is 4.83. The Kier molecular flexibility index (Phi) is 4.93. The maximum atomic E-state index is 12.9. The van der Waals surface area contributed by atoms with Crippen molar-refractivity contribution < 1.29 is 14.6 Å². The van der Waals surface area contributed by atoms with E-state index in [1.807, 2.05) is 25.2 Å². The Morgan fingerprint density at radius 2 is 2.15 bits per heavy atom. The number of rotatable bonds is 3. The maximum Gasteiger partial charge on any atom is 0.259 e. The van der Waals surface area contributed by atoms with E-state index < -0.39 is 6.35 Å². The number of fused-ring (bicyclic) bond motifs is 1. The van der Waals surface area contributed by atoms with Gasteiger partial charge in [-0.3, -0.25) is 9.69 Å². The van der Waals surface area contributed by atoms with Crippen LogP contribution < -0.4 is 15.5 Å². The number of aliphatic hydroxyl groups is 1. The van der Waals surface area contributed by atoms with Gasteiger partial charge in [0.05, 0.1) is 18.8 Å². The van der Waals surface area contributed by atoms with Gasteiger partial charge in [-0.2, -0.15) is 0 Å². The third-order valence-corrected chi connectivity index (χ3v) is 4.83. The largest absolute Gasteiger partial charge is 0.378 e. The van der Waals surface area contributed by atoms with Crippen molar-refractivity contribution in [1.29, 1.82) is 0 Å². The molecule has 27 heavy (non-hydrogen) atoms. The van der Waals surface area contributed by atoms with Crippen LogP contribution in [0.1, 0.15) is 15.9 Å². The lowest BCUT2D eigenvalue weighted by Crippen LogP contribution is -2.41. The highest BCUT2D eigenvalue weighted by atomic mass is 16.5. The summed E-state index contributed by atoms with van der Waals surface area (Å²) in [5, 5.41) is 15.8. The van der Waals surface area contributed by atoms with Crippen molar-refractivity contribution in [2.45, 2.75) is 12.9 Å². The Morgan fingerprint density at radius 1 is 1.33 bits per heavy atom. The summed E-state index contributed by atoms with van der Waals surface area (Å²) in [4.78, 5) is 21.2. The van der Waals surface area contributed by atoms with Gasteiger partial charge in [-0.05, 0) is 42.9 Å². The second kappa shape index (κ2) is 7.51. The summed E-state index contributed by atoms with van der Waals surface area (Å²) >= 11 is 0. The topological polar surface area (TPSA) is 90.0 Å². The quantitative estimate of drug-likeness (QED) is 0.751. The molecule has 1 atom stereocenters. The zero-order chi connectivity index (χ0) is 18.8. The molecule has 1 aromatic heterocycles. The lowest BCUT2D eigenvalue weighted by atomic mass is 10.1. The zero-order valence-electron chi connectivity index (χ0n) is 15.2. The first-order chi connectivity index (χ1) is 13.1. The molecule has 0 spiro atoms. The van der Waals surface area contributed by atoms with Crippen molar-refractivity contribution in [2.75, 3.05) is 48.9 Å². The van der Waals surface area contributed by atoms with Crippen molar-refractivity contribution >= 4 is 23.1 Å². The number of nitrogens with one attached hydrogen (secondary N) is 2. The fourth-order valence-electron chi connectivity index (χ4n) is 3.35. The molecule has 1 fully saturated rings. The number of morpholine rings is 1. The normalized spacial score (nSPS) is 19.9. The SMILES string of the molecule is CN1Cc2cc(NC(=O)c3cccnc3N3CCOCC3)ccc2NC1O. The molecule has 2 aromatic rings. The van der Waals surface area contributed by atoms with E-state index >= 15 is 0 Å². The van der Waals surface area contributed by atoms with Crippen LogP contribution >= 0.6 is 0 Å².